The minimum Gasteiger partial charge on any atom is -0.207 e. The fraction of sp³-hybridized carbons (Fsp3) is 0.500. The van der Waals surface area contributed by atoms with E-state index < -0.39 is 11.6 Å². The second-order valence-corrected chi connectivity index (χ2v) is 4.61. The van der Waals surface area contributed by atoms with Crippen LogP contribution in [0.25, 0.3) is 0 Å². The summed E-state index contributed by atoms with van der Waals surface area (Å²) < 4.78 is 26.0. The first-order valence-electron chi connectivity index (χ1n) is 5.12. The van der Waals surface area contributed by atoms with Crippen LogP contribution >= 0.6 is 23.2 Å². The highest BCUT2D eigenvalue weighted by Gasteiger charge is 2.27. The first-order valence-corrected chi connectivity index (χ1v) is 6.19. The molecule has 16 heavy (non-hydrogen) atoms. The van der Waals surface area contributed by atoms with Crippen LogP contribution in [0.15, 0.2) is 18.2 Å². The third kappa shape index (κ3) is 3.33. The molecule has 0 aliphatic carbocycles. The van der Waals surface area contributed by atoms with Crippen LogP contribution in [0.5, 0.6) is 0 Å². The average molecular weight is 267 g/mol. The van der Waals surface area contributed by atoms with Gasteiger partial charge in [0.15, 0.2) is 0 Å². The Kier molecular flexibility index (Phi) is 5.00. The molecule has 0 radical (unpaired) electrons. The van der Waals surface area contributed by atoms with Crippen molar-refractivity contribution in [2.45, 2.75) is 19.8 Å². The summed E-state index contributed by atoms with van der Waals surface area (Å²) in [4.78, 5) is 0. The molecule has 0 atom stereocenters. The van der Waals surface area contributed by atoms with E-state index in [9.17, 15) is 8.78 Å². The first-order chi connectivity index (χ1) is 7.55. The van der Waals surface area contributed by atoms with Gasteiger partial charge in [0.05, 0.1) is 0 Å². The van der Waals surface area contributed by atoms with E-state index in [1.54, 1.807) is 0 Å². The molecule has 0 amide bonds. The van der Waals surface area contributed by atoms with Crippen molar-refractivity contribution in [2.75, 3.05) is 11.8 Å². The van der Waals surface area contributed by atoms with Crippen molar-refractivity contribution in [1.29, 1.82) is 0 Å². The molecule has 1 aromatic carbocycles. The predicted octanol–water partition coefficient (Wildman–Crippen LogP) is 4.38. The molecule has 0 nitrogen and oxygen atoms in total. The Bertz CT molecular complexity index is 320. The molecule has 0 N–H and O–H groups in total. The lowest BCUT2D eigenvalue weighted by atomic mass is 9.83. The summed E-state index contributed by atoms with van der Waals surface area (Å²) in [6.07, 6.45) is 1.27. The Morgan fingerprint density at radius 3 is 1.94 bits per heavy atom. The van der Waals surface area contributed by atoms with E-state index in [1.165, 1.54) is 12.1 Å². The lowest BCUT2D eigenvalue weighted by Gasteiger charge is -2.28. The van der Waals surface area contributed by atoms with Gasteiger partial charge >= 0.3 is 0 Å². The molecule has 1 rings (SSSR count). The van der Waals surface area contributed by atoms with E-state index in [0.29, 0.717) is 23.7 Å². The standard InChI is InChI=1S/C12H14Cl2F2/c1-2-12(7-13,8-14)6-9-3-10(15)5-11(16)4-9/h3-5H,2,6-8H2,1H3. The summed E-state index contributed by atoms with van der Waals surface area (Å²) in [6, 6.07) is 3.51. The van der Waals surface area contributed by atoms with Gasteiger partial charge in [0, 0.05) is 23.2 Å². The summed E-state index contributed by atoms with van der Waals surface area (Å²) in [5, 5.41) is 0. The molecule has 90 valence electrons. The molecule has 0 bridgehead atoms. The molecule has 0 aliphatic rings. The fourth-order valence-corrected chi connectivity index (χ4v) is 2.44. The molecule has 4 heteroatoms. The quantitative estimate of drug-likeness (QED) is 0.694. The van der Waals surface area contributed by atoms with Crippen LogP contribution in [0.2, 0.25) is 0 Å². The molecule has 1 aromatic rings. The highest BCUT2D eigenvalue weighted by Crippen LogP contribution is 2.30. The van der Waals surface area contributed by atoms with Crippen LogP contribution in [0, 0.1) is 17.0 Å². The molecule has 0 saturated heterocycles. The van der Waals surface area contributed by atoms with E-state index in [1.807, 2.05) is 6.92 Å². The third-order valence-electron chi connectivity index (χ3n) is 2.82. The van der Waals surface area contributed by atoms with E-state index in [2.05, 4.69) is 0 Å². The van der Waals surface area contributed by atoms with Crippen molar-refractivity contribution in [3.05, 3.63) is 35.4 Å². The van der Waals surface area contributed by atoms with Gasteiger partial charge in [-0.3, -0.25) is 0 Å². The zero-order valence-electron chi connectivity index (χ0n) is 9.07. The number of hydrogen-bond donors (Lipinski definition) is 0. The van der Waals surface area contributed by atoms with Gasteiger partial charge in [-0.2, -0.15) is 0 Å². The molecule has 0 unspecified atom stereocenters. The maximum atomic E-state index is 13.0. The van der Waals surface area contributed by atoms with Crippen LogP contribution in [-0.2, 0) is 6.42 Å². The van der Waals surface area contributed by atoms with Crippen LogP contribution in [-0.4, -0.2) is 11.8 Å². The topological polar surface area (TPSA) is 0 Å². The second-order valence-electron chi connectivity index (χ2n) is 4.08. The lowest BCUT2D eigenvalue weighted by molar-refractivity contribution is 0.360. The Labute approximate surface area is 105 Å². The fourth-order valence-electron chi connectivity index (χ4n) is 1.59. The largest absolute Gasteiger partial charge is 0.207 e. The predicted molar refractivity (Wildman–Crippen MR) is 64.2 cm³/mol. The van der Waals surface area contributed by atoms with E-state index >= 15 is 0 Å². The van der Waals surface area contributed by atoms with Gasteiger partial charge < -0.3 is 0 Å². The summed E-state index contributed by atoms with van der Waals surface area (Å²) in [5.74, 6) is -0.371. The Morgan fingerprint density at radius 2 is 1.56 bits per heavy atom. The Hall–Kier alpha value is -0.340. The minimum atomic E-state index is -0.566. The second kappa shape index (κ2) is 5.83. The van der Waals surface area contributed by atoms with Crippen molar-refractivity contribution < 1.29 is 8.78 Å². The van der Waals surface area contributed by atoms with Crippen molar-refractivity contribution in [2.24, 2.45) is 5.41 Å². The molecule has 0 fully saturated rings. The van der Waals surface area contributed by atoms with Gasteiger partial charge in [0.25, 0.3) is 0 Å². The van der Waals surface area contributed by atoms with Gasteiger partial charge in [-0.15, -0.1) is 23.2 Å². The normalized spacial score (nSPS) is 11.8. The SMILES string of the molecule is CCC(CCl)(CCl)Cc1cc(F)cc(F)c1. The summed E-state index contributed by atoms with van der Waals surface area (Å²) in [5.41, 5.74) is 0.309. The number of rotatable bonds is 5. The number of benzene rings is 1. The monoisotopic (exact) mass is 266 g/mol. The van der Waals surface area contributed by atoms with Crippen molar-refractivity contribution in [3.63, 3.8) is 0 Å². The number of alkyl halides is 2. The molecular weight excluding hydrogens is 253 g/mol. The van der Waals surface area contributed by atoms with Crippen molar-refractivity contribution in [3.8, 4) is 0 Å². The molecule has 0 spiro atoms. The van der Waals surface area contributed by atoms with Crippen molar-refractivity contribution >= 4 is 23.2 Å². The summed E-state index contributed by atoms with van der Waals surface area (Å²) in [6.45, 7) is 1.97. The highest BCUT2D eigenvalue weighted by atomic mass is 35.5. The van der Waals surface area contributed by atoms with Gasteiger partial charge in [-0.25, -0.2) is 8.78 Å². The lowest BCUT2D eigenvalue weighted by Crippen LogP contribution is -2.27. The molecular formula is C12H14Cl2F2. The summed E-state index contributed by atoms with van der Waals surface area (Å²) in [7, 11) is 0. The first kappa shape index (κ1) is 13.7. The number of hydrogen-bond acceptors (Lipinski definition) is 0. The molecule has 0 heterocycles. The van der Waals surface area contributed by atoms with Gasteiger partial charge in [-0.1, -0.05) is 6.92 Å². The zero-order chi connectivity index (χ0) is 12.2. The van der Waals surface area contributed by atoms with Crippen LogP contribution < -0.4 is 0 Å². The Morgan fingerprint density at radius 1 is 1.06 bits per heavy atom. The van der Waals surface area contributed by atoms with Crippen molar-refractivity contribution in [1.82, 2.24) is 0 Å². The number of halogens is 4. The molecule has 0 aromatic heterocycles. The highest BCUT2D eigenvalue weighted by molar-refractivity contribution is 6.21. The molecule has 0 saturated carbocycles. The summed E-state index contributed by atoms with van der Waals surface area (Å²) >= 11 is 11.8. The average Bonchev–Trinajstić information content (AvgIpc) is 2.25. The van der Waals surface area contributed by atoms with Crippen LogP contribution in [0.4, 0.5) is 8.78 Å². The van der Waals surface area contributed by atoms with E-state index in [-0.39, 0.29) is 5.41 Å². The molecule has 0 aliphatic heterocycles. The van der Waals surface area contributed by atoms with E-state index in [4.69, 9.17) is 23.2 Å². The van der Waals surface area contributed by atoms with Crippen LogP contribution in [0.3, 0.4) is 0 Å². The maximum absolute atomic E-state index is 13.0. The van der Waals surface area contributed by atoms with E-state index in [0.717, 1.165) is 12.5 Å². The third-order valence-corrected chi connectivity index (χ3v) is 3.95. The minimum absolute atomic E-state index is 0.288. The van der Waals surface area contributed by atoms with Gasteiger partial charge in [0.2, 0.25) is 0 Å². The van der Waals surface area contributed by atoms with Gasteiger partial charge in [0.1, 0.15) is 11.6 Å². The van der Waals surface area contributed by atoms with Gasteiger partial charge in [-0.05, 0) is 30.5 Å². The van der Waals surface area contributed by atoms with Crippen LogP contribution in [0.1, 0.15) is 18.9 Å². The Balaban J connectivity index is 2.93. The smallest absolute Gasteiger partial charge is 0.126 e. The zero-order valence-corrected chi connectivity index (χ0v) is 10.6. The maximum Gasteiger partial charge on any atom is 0.126 e.